The lowest BCUT2D eigenvalue weighted by molar-refractivity contribution is -0.117. The highest BCUT2D eigenvalue weighted by molar-refractivity contribution is 9.10. The normalized spacial score (nSPS) is 12.0. The first-order valence-corrected chi connectivity index (χ1v) is 6.10. The van der Waals surface area contributed by atoms with Crippen LogP contribution in [0.3, 0.4) is 0 Å². The van der Waals surface area contributed by atoms with Gasteiger partial charge in [0.15, 0.2) is 11.5 Å². The molecule has 0 saturated carbocycles. The second-order valence-electron chi connectivity index (χ2n) is 3.03. The largest absolute Gasteiger partial charge is 0.354 e. The first-order chi connectivity index (χ1) is 7.49. The van der Waals surface area contributed by atoms with E-state index in [1.165, 1.54) is 11.9 Å². The van der Waals surface area contributed by atoms with Gasteiger partial charge in [0.1, 0.15) is 0 Å². The van der Waals surface area contributed by atoms with Gasteiger partial charge in [0.2, 0.25) is 5.91 Å². The van der Waals surface area contributed by atoms with Gasteiger partial charge in [-0.1, -0.05) is 15.9 Å². The maximum absolute atomic E-state index is 11.7. The minimum absolute atomic E-state index is 0.163. The van der Waals surface area contributed by atoms with Crippen LogP contribution in [0.25, 0.3) is 0 Å². The van der Waals surface area contributed by atoms with Crippen molar-refractivity contribution in [2.45, 2.75) is 11.8 Å². The van der Waals surface area contributed by atoms with E-state index in [0.29, 0.717) is 0 Å². The van der Waals surface area contributed by atoms with Crippen LogP contribution in [0.1, 0.15) is 17.4 Å². The SMILES string of the molecule is CNC(=O)c1nsnc1N(C)C(=O)C(C)Br. The summed E-state index contributed by atoms with van der Waals surface area (Å²) in [6.07, 6.45) is 0. The second kappa shape index (κ2) is 5.35. The molecular weight excluding hydrogens is 296 g/mol. The number of halogens is 1. The molecule has 0 fully saturated rings. The van der Waals surface area contributed by atoms with Gasteiger partial charge < -0.3 is 5.32 Å². The van der Waals surface area contributed by atoms with Gasteiger partial charge in [0.25, 0.3) is 5.91 Å². The van der Waals surface area contributed by atoms with Crippen LogP contribution in [-0.2, 0) is 4.79 Å². The number of anilines is 1. The van der Waals surface area contributed by atoms with Gasteiger partial charge in [-0.15, -0.1) is 0 Å². The molecule has 0 saturated heterocycles. The summed E-state index contributed by atoms with van der Waals surface area (Å²) in [5, 5.41) is 2.45. The van der Waals surface area contributed by atoms with E-state index in [1.807, 2.05) is 0 Å². The Morgan fingerprint density at radius 3 is 2.62 bits per heavy atom. The van der Waals surface area contributed by atoms with E-state index < -0.39 is 0 Å². The van der Waals surface area contributed by atoms with E-state index in [1.54, 1.807) is 14.0 Å². The predicted octanol–water partition coefficient (Wildman–Crippen LogP) is 0.644. The summed E-state index contributed by atoms with van der Waals surface area (Å²) in [5.41, 5.74) is 0.163. The van der Waals surface area contributed by atoms with Gasteiger partial charge in [-0.2, -0.15) is 8.75 Å². The Bertz CT molecular complexity index is 406. The quantitative estimate of drug-likeness (QED) is 0.832. The average Bonchev–Trinajstić information content (AvgIpc) is 2.74. The van der Waals surface area contributed by atoms with E-state index in [-0.39, 0.29) is 28.2 Å². The maximum Gasteiger partial charge on any atom is 0.274 e. The van der Waals surface area contributed by atoms with Crippen LogP contribution in [0.4, 0.5) is 5.82 Å². The first kappa shape index (κ1) is 13.0. The zero-order valence-electron chi connectivity index (χ0n) is 9.02. The minimum Gasteiger partial charge on any atom is -0.354 e. The van der Waals surface area contributed by atoms with Crippen molar-refractivity contribution in [1.29, 1.82) is 0 Å². The highest BCUT2D eigenvalue weighted by Crippen LogP contribution is 2.18. The van der Waals surface area contributed by atoms with Crippen LogP contribution >= 0.6 is 27.7 Å². The zero-order chi connectivity index (χ0) is 12.3. The molecule has 1 unspecified atom stereocenters. The van der Waals surface area contributed by atoms with Crippen LogP contribution in [0.5, 0.6) is 0 Å². The van der Waals surface area contributed by atoms with E-state index in [9.17, 15) is 9.59 Å². The molecular formula is C8H11BrN4O2S. The van der Waals surface area contributed by atoms with Crippen molar-refractivity contribution < 1.29 is 9.59 Å². The van der Waals surface area contributed by atoms with Gasteiger partial charge in [0, 0.05) is 14.1 Å². The molecule has 1 atom stereocenters. The molecule has 0 aliphatic carbocycles. The molecule has 1 N–H and O–H groups in total. The molecule has 0 spiro atoms. The van der Waals surface area contributed by atoms with E-state index in [4.69, 9.17) is 0 Å². The molecule has 1 aromatic heterocycles. The van der Waals surface area contributed by atoms with Crippen molar-refractivity contribution in [2.75, 3.05) is 19.0 Å². The van der Waals surface area contributed by atoms with Crippen LogP contribution in [0, 0.1) is 0 Å². The topological polar surface area (TPSA) is 75.2 Å². The van der Waals surface area contributed by atoms with E-state index >= 15 is 0 Å². The lowest BCUT2D eigenvalue weighted by atomic mass is 10.3. The minimum atomic E-state index is -0.356. The number of alkyl halides is 1. The van der Waals surface area contributed by atoms with Crippen molar-refractivity contribution in [2.24, 2.45) is 0 Å². The fraction of sp³-hybridized carbons (Fsp3) is 0.500. The summed E-state index contributed by atoms with van der Waals surface area (Å²) >= 11 is 4.07. The van der Waals surface area contributed by atoms with Crippen molar-refractivity contribution in [1.82, 2.24) is 14.1 Å². The molecule has 0 aliphatic rings. The summed E-state index contributed by atoms with van der Waals surface area (Å²) in [5.74, 6) is -0.260. The summed E-state index contributed by atoms with van der Waals surface area (Å²) in [6.45, 7) is 1.71. The molecule has 1 heterocycles. The Balaban J connectivity index is 3.00. The zero-order valence-corrected chi connectivity index (χ0v) is 11.4. The molecule has 1 rings (SSSR count). The molecule has 16 heavy (non-hydrogen) atoms. The molecule has 1 aromatic rings. The highest BCUT2D eigenvalue weighted by Gasteiger charge is 2.24. The Morgan fingerprint density at radius 2 is 2.12 bits per heavy atom. The molecule has 0 aromatic carbocycles. The number of nitrogens with one attached hydrogen (secondary N) is 1. The number of carbonyl (C=O) groups is 2. The van der Waals surface area contributed by atoms with Gasteiger partial charge in [-0.05, 0) is 6.92 Å². The van der Waals surface area contributed by atoms with Crippen molar-refractivity contribution in [3.05, 3.63) is 5.69 Å². The smallest absolute Gasteiger partial charge is 0.274 e. The van der Waals surface area contributed by atoms with Gasteiger partial charge >= 0.3 is 0 Å². The fourth-order valence-corrected chi connectivity index (χ4v) is 1.92. The molecule has 0 radical (unpaired) electrons. The Morgan fingerprint density at radius 1 is 1.50 bits per heavy atom. The number of rotatable bonds is 3. The summed E-state index contributed by atoms with van der Waals surface area (Å²) in [6, 6.07) is 0. The lowest BCUT2D eigenvalue weighted by Crippen LogP contribution is -2.34. The van der Waals surface area contributed by atoms with Gasteiger partial charge in [0.05, 0.1) is 16.6 Å². The van der Waals surface area contributed by atoms with Gasteiger partial charge in [-0.25, -0.2) is 0 Å². The summed E-state index contributed by atoms with van der Waals surface area (Å²) in [4.78, 5) is 24.1. The number of hydrogen-bond acceptors (Lipinski definition) is 5. The van der Waals surface area contributed by atoms with Crippen LogP contribution in [0.15, 0.2) is 0 Å². The highest BCUT2D eigenvalue weighted by atomic mass is 79.9. The number of carbonyl (C=O) groups excluding carboxylic acids is 2. The molecule has 88 valence electrons. The molecule has 0 bridgehead atoms. The van der Waals surface area contributed by atoms with Gasteiger partial charge in [-0.3, -0.25) is 14.5 Å². The summed E-state index contributed by atoms with van der Waals surface area (Å²) < 4.78 is 7.80. The second-order valence-corrected chi connectivity index (χ2v) is 4.93. The van der Waals surface area contributed by atoms with Crippen LogP contribution in [-0.4, -0.2) is 39.5 Å². The third kappa shape index (κ3) is 2.56. The third-order valence-corrected chi connectivity index (χ3v) is 2.81. The Labute approximate surface area is 105 Å². The number of aromatic nitrogens is 2. The molecule has 0 aliphatic heterocycles. The van der Waals surface area contributed by atoms with Crippen molar-refractivity contribution in [3.63, 3.8) is 0 Å². The number of nitrogens with zero attached hydrogens (tertiary/aromatic N) is 3. The molecule has 6 nitrogen and oxygen atoms in total. The monoisotopic (exact) mass is 306 g/mol. The van der Waals surface area contributed by atoms with Crippen molar-refractivity contribution >= 4 is 45.3 Å². The standard InChI is InChI=1S/C8H11BrN4O2S/c1-4(9)8(15)13(3)6-5(7(14)10-2)11-16-12-6/h4H,1-3H3,(H,10,14). The number of hydrogen-bond donors (Lipinski definition) is 1. The Kier molecular flexibility index (Phi) is 4.36. The lowest BCUT2D eigenvalue weighted by Gasteiger charge is -2.16. The fourth-order valence-electron chi connectivity index (χ4n) is 1.04. The summed E-state index contributed by atoms with van der Waals surface area (Å²) in [7, 11) is 3.06. The average molecular weight is 307 g/mol. The first-order valence-electron chi connectivity index (χ1n) is 4.45. The molecule has 8 heteroatoms. The van der Waals surface area contributed by atoms with E-state index in [2.05, 4.69) is 30.0 Å². The van der Waals surface area contributed by atoms with Crippen LogP contribution < -0.4 is 10.2 Å². The van der Waals surface area contributed by atoms with E-state index in [0.717, 1.165) is 11.7 Å². The predicted molar refractivity (Wildman–Crippen MR) is 65.1 cm³/mol. The number of amides is 2. The molecule has 2 amide bonds. The van der Waals surface area contributed by atoms with Crippen molar-refractivity contribution in [3.8, 4) is 0 Å². The Hall–Kier alpha value is -1.02. The van der Waals surface area contributed by atoms with Crippen LogP contribution in [0.2, 0.25) is 0 Å². The third-order valence-electron chi connectivity index (χ3n) is 1.90. The maximum atomic E-state index is 11.7.